The molecule has 0 unspecified atom stereocenters. The number of likely N-dealkylation sites (tertiary alicyclic amines) is 1. The molecule has 0 radical (unpaired) electrons. The number of rotatable bonds is 6. The lowest BCUT2D eigenvalue weighted by molar-refractivity contribution is -0.139. The van der Waals surface area contributed by atoms with Crippen molar-refractivity contribution in [3.05, 3.63) is 53.6 Å². The monoisotopic (exact) mass is 442 g/mol. The third-order valence-corrected chi connectivity index (χ3v) is 6.15. The molecule has 1 N–H and O–H groups in total. The number of ether oxygens (including phenoxy) is 1. The normalized spacial score (nSPS) is 17.7. The molecule has 30 heavy (non-hydrogen) atoms. The van der Waals surface area contributed by atoms with Gasteiger partial charge in [0.15, 0.2) is 5.78 Å². The van der Waals surface area contributed by atoms with Gasteiger partial charge in [-0.2, -0.15) is 13.2 Å². The van der Waals surface area contributed by atoms with Crippen LogP contribution in [0.1, 0.15) is 29.3 Å². The highest BCUT2D eigenvalue weighted by Crippen LogP contribution is 2.39. The molecule has 0 amide bonds. The van der Waals surface area contributed by atoms with E-state index >= 15 is 0 Å². The zero-order valence-corrected chi connectivity index (χ0v) is 17.2. The van der Waals surface area contributed by atoms with Crippen LogP contribution in [0, 0.1) is 0 Å². The van der Waals surface area contributed by atoms with E-state index in [1.807, 2.05) is 11.9 Å². The number of halogens is 3. The zero-order valence-electron chi connectivity index (χ0n) is 16.4. The Morgan fingerprint density at radius 3 is 2.37 bits per heavy atom. The molecule has 0 saturated carbocycles. The first-order valence-electron chi connectivity index (χ1n) is 9.16. The molecule has 1 atom stereocenters. The van der Waals surface area contributed by atoms with E-state index in [2.05, 4.69) is 4.72 Å². The van der Waals surface area contributed by atoms with Crippen molar-refractivity contribution in [2.75, 3.05) is 24.9 Å². The Morgan fingerprint density at radius 2 is 1.83 bits per heavy atom. The molecule has 0 spiro atoms. The van der Waals surface area contributed by atoms with E-state index in [1.165, 1.54) is 31.2 Å². The number of hydrogen-bond acceptors (Lipinski definition) is 5. The summed E-state index contributed by atoms with van der Waals surface area (Å²) in [6.45, 7) is 2.54. The fourth-order valence-corrected chi connectivity index (χ4v) is 4.22. The minimum atomic E-state index is -4.64. The van der Waals surface area contributed by atoms with E-state index < -0.39 is 33.6 Å². The third-order valence-electron chi connectivity index (χ3n) is 4.75. The molecule has 1 saturated heterocycles. The molecule has 3 rings (SSSR count). The number of nitrogens with zero attached hydrogens (tertiary/aromatic N) is 1. The molecule has 1 heterocycles. The minimum absolute atomic E-state index is 0.0556. The number of likely N-dealkylation sites (N-methyl/N-ethyl adjacent to an activating group) is 1. The smallest absolute Gasteiger partial charge is 0.419 e. The largest absolute Gasteiger partial charge is 0.488 e. The molecule has 1 fully saturated rings. The van der Waals surface area contributed by atoms with Gasteiger partial charge in [-0.1, -0.05) is 12.1 Å². The van der Waals surface area contributed by atoms with E-state index in [-0.39, 0.29) is 16.4 Å². The van der Waals surface area contributed by atoms with Gasteiger partial charge in [-0.05, 0) is 44.7 Å². The Kier molecular flexibility index (Phi) is 6.09. The quantitative estimate of drug-likeness (QED) is 0.689. The van der Waals surface area contributed by atoms with Crippen LogP contribution in [0.5, 0.6) is 5.75 Å². The summed E-state index contributed by atoms with van der Waals surface area (Å²) in [5, 5.41) is 0. The Labute approximate surface area is 172 Å². The van der Waals surface area contributed by atoms with Gasteiger partial charge in [0.1, 0.15) is 11.9 Å². The maximum atomic E-state index is 13.4. The summed E-state index contributed by atoms with van der Waals surface area (Å²) in [5.74, 6) is -0.635. The zero-order chi connectivity index (χ0) is 22.1. The molecule has 0 bridgehead atoms. The maximum absolute atomic E-state index is 13.4. The highest BCUT2D eigenvalue weighted by atomic mass is 32.2. The molecule has 162 valence electrons. The van der Waals surface area contributed by atoms with Crippen molar-refractivity contribution in [2.24, 2.45) is 0 Å². The molecule has 1 aliphatic rings. The van der Waals surface area contributed by atoms with Crippen LogP contribution < -0.4 is 9.46 Å². The molecular formula is C20H21F3N2O4S. The van der Waals surface area contributed by atoms with E-state index in [9.17, 15) is 26.4 Å². The molecular weight excluding hydrogens is 421 g/mol. The number of benzene rings is 2. The molecule has 2 aromatic rings. The second-order valence-electron chi connectivity index (χ2n) is 7.19. The molecule has 1 aliphatic heterocycles. The lowest BCUT2D eigenvalue weighted by Gasteiger charge is -2.19. The molecule has 0 aliphatic carbocycles. The highest BCUT2D eigenvalue weighted by molar-refractivity contribution is 7.92. The van der Waals surface area contributed by atoms with Gasteiger partial charge in [-0.25, -0.2) is 8.42 Å². The van der Waals surface area contributed by atoms with Gasteiger partial charge in [-0.3, -0.25) is 9.52 Å². The number of sulfonamides is 1. The highest BCUT2D eigenvalue weighted by Gasteiger charge is 2.36. The van der Waals surface area contributed by atoms with E-state index in [0.29, 0.717) is 25.1 Å². The van der Waals surface area contributed by atoms with Crippen molar-refractivity contribution in [1.82, 2.24) is 4.90 Å². The summed E-state index contributed by atoms with van der Waals surface area (Å²) in [7, 11) is -2.22. The Balaban J connectivity index is 1.88. The SMILES string of the molecule is CC(=O)c1ccc(S(=O)(=O)Nc2ccc(C(F)(F)F)c(O[C@@H]3CCN(C)C3)c2)cc1. The van der Waals surface area contributed by atoms with Gasteiger partial charge >= 0.3 is 6.18 Å². The number of carbonyl (C=O) groups is 1. The van der Waals surface area contributed by atoms with Crippen molar-refractivity contribution in [2.45, 2.75) is 30.5 Å². The number of hydrogen-bond donors (Lipinski definition) is 1. The first-order valence-corrected chi connectivity index (χ1v) is 10.6. The van der Waals surface area contributed by atoms with E-state index in [0.717, 1.165) is 18.2 Å². The van der Waals surface area contributed by atoms with Crippen LogP contribution in [0.3, 0.4) is 0 Å². The predicted octanol–water partition coefficient (Wildman–Crippen LogP) is 3.79. The van der Waals surface area contributed by atoms with E-state index in [1.54, 1.807) is 0 Å². The van der Waals surface area contributed by atoms with Gasteiger partial charge in [0.05, 0.1) is 16.1 Å². The van der Waals surface area contributed by atoms with Crippen molar-refractivity contribution >= 4 is 21.5 Å². The van der Waals surface area contributed by atoms with Gasteiger partial charge < -0.3 is 9.64 Å². The second-order valence-corrected chi connectivity index (χ2v) is 8.87. The van der Waals surface area contributed by atoms with Crippen molar-refractivity contribution in [3.8, 4) is 5.75 Å². The fraction of sp³-hybridized carbons (Fsp3) is 0.350. The summed E-state index contributed by atoms with van der Waals surface area (Å²) in [6, 6.07) is 8.14. The maximum Gasteiger partial charge on any atom is 0.419 e. The average Bonchev–Trinajstić information content (AvgIpc) is 3.05. The first kappa shape index (κ1) is 22.1. The van der Waals surface area contributed by atoms with Crippen LogP contribution in [-0.4, -0.2) is 45.3 Å². The fourth-order valence-electron chi connectivity index (χ4n) is 3.17. The van der Waals surface area contributed by atoms with Gasteiger partial charge in [0.2, 0.25) is 0 Å². The lowest BCUT2D eigenvalue weighted by Crippen LogP contribution is -2.23. The van der Waals surface area contributed by atoms with Gasteiger partial charge in [0, 0.05) is 24.7 Å². The van der Waals surface area contributed by atoms with Crippen LogP contribution in [0.15, 0.2) is 47.4 Å². The van der Waals surface area contributed by atoms with Crippen molar-refractivity contribution in [1.29, 1.82) is 0 Å². The number of nitrogens with one attached hydrogen (secondary N) is 1. The Bertz CT molecular complexity index is 1040. The average molecular weight is 442 g/mol. The summed E-state index contributed by atoms with van der Waals surface area (Å²) >= 11 is 0. The van der Waals surface area contributed by atoms with Gasteiger partial charge in [0.25, 0.3) is 10.0 Å². The summed E-state index contributed by atoms with van der Waals surface area (Å²) in [4.78, 5) is 13.2. The second kappa shape index (κ2) is 8.27. The number of Topliss-reactive ketones (excluding diaryl/α,β-unsaturated/α-hetero) is 1. The van der Waals surface area contributed by atoms with Crippen LogP contribution in [0.4, 0.5) is 18.9 Å². The molecule has 2 aromatic carbocycles. The lowest BCUT2D eigenvalue weighted by atomic mass is 10.1. The topological polar surface area (TPSA) is 75.7 Å². The number of ketones is 1. The molecule has 10 heteroatoms. The van der Waals surface area contributed by atoms with Crippen molar-refractivity contribution < 1.29 is 31.1 Å². The standard InChI is InChI=1S/C20H21F3N2O4S/c1-13(26)14-3-6-17(7-4-14)30(27,28)24-15-5-8-18(20(21,22)23)19(11-15)29-16-9-10-25(2)12-16/h3-8,11,16,24H,9-10,12H2,1-2H3/t16-/m1/s1. The number of anilines is 1. The Morgan fingerprint density at radius 1 is 1.17 bits per heavy atom. The Hall–Kier alpha value is -2.59. The van der Waals surface area contributed by atoms with Crippen LogP contribution in [0.25, 0.3) is 0 Å². The molecule has 0 aromatic heterocycles. The first-order chi connectivity index (χ1) is 14.0. The van der Waals surface area contributed by atoms with Crippen molar-refractivity contribution in [3.63, 3.8) is 0 Å². The number of alkyl halides is 3. The summed E-state index contributed by atoms with van der Waals surface area (Å²) in [5.41, 5.74) is -0.675. The van der Waals surface area contributed by atoms with Crippen LogP contribution in [0.2, 0.25) is 0 Å². The number of carbonyl (C=O) groups excluding carboxylic acids is 1. The summed E-state index contributed by atoms with van der Waals surface area (Å²) in [6.07, 6.45) is -4.48. The van der Waals surface area contributed by atoms with Crippen LogP contribution in [-0.2, 0) is 16.2 Å². The minimum Gasteiger partial charge on any atom is -0.488 e. The summed E-state index contributed by atoms with van der Waals surface area (Å²) < 4.78 is 73.2. The third kappa shape index (κ3) is 5.11. The van der Waals surface area contributed by atoms with Gasteiger partial charge in [-0.15, -0.1) is 0 Å². The molecule has 6 nitrogen and oxygen atoms in total. The van der Waals surface area contributed by atoms with E-state index in [4.69, 9.17) is 4.74 Å². The van der Waals surface area contributed by atoms with Crippen LogP contribution >= 0.6 is 0 Å². The predicted molar refractivity (Wildman–Crippen MR) is 105 cm³/mol.